The van der Waals surface area contributed by atoms with Gasteiger partial charge in [-0.3, -0.25) is 0 Å². The van der Waals surface area contributed by atoms with E-state index in [-0.39, 0.29) is 0 Å². The van der Waals surface area contributed by atoms with E-state index in [0.29, 0.717) is 6.10 Å². The third-order valence-corrected chi connectivity index (χ3v) is 3.17. The van der Waals surface area contributed by atoms with Crippen molar-refractivity contribution in [3.05, 3.63) is 0 Å². The highest BCUT2D eigenvalue weighted by molar-refractivity contribution is 4.66. The Hall–Kier alpha value is -0.120. The quantitative estimate of drug-likeness (QED) is 0.620. The molecule has 0 amide bonds. The first-order valence-corrected chi connectivity index (χ1v) is 6.41. The molecule has 3 nitrogen and oxygen atoms in total. The maximum absolute atomic E-state index is 5.57. The maximum atomic E-state index is 5.57. The Morgan fingerprint density at radius 3 is 2.67 bits per heavy atom. The highest BCUT2D eigenvalue weighted by Gasteiger charge is 2.14. The van der Waals surface area contributed by atoms with E-state index in [1.807, 2.05) is 0 Å². The molecule has 1 unspecified atom stereocenters. The van der Waals surface area contributed by atoms with Crippen LogP contribution < -0.4 is 5.32 Å². The number of hydrogen-bond acceptors (Lipinski definition) is 3. The number of rotatable bonds is 8. The third kappa shape index (κ3) is 5.50. The predicted molar refractivity (Wildman–Crippen MR) is 64.2 cm³/mol. The Kier molecular flexibility index (Phi) is 6.98. The molecule has 1 atom stereocenters. The second-order valence-electron chi connectivity index (χ2n) is 4.20. The van der Waals surface area contributed by atoms with Gasteiger partial charge in [0.15, 0.2) is 0 Å². The molecule has 3 heteroatoms. The van der Waals surface area contributed by atoms with Crippen molar-refractivity contribution in [2.45, 2.75) is 39.2 Å². The molecule has 1 aliphatic heterocycles. The van der Waals surface area contributed by atoms with Gasteiger partial charge in [0.2, 0.25) is 0 Å². The van der Waals surface area contributed by atoms with Gasteiger partial charge in [0.1, 0.15) is 0 Å². The number of nitrogens with zero attached hydrogens (tertiary/aromatic N) is 1. The molecule has 0 saturated carbocycles. The Bertz CT molecular complexity index is 139. The molecular weight excluding hydrogens is 188 g/mol. The fourth-order valence-corrected chi connectivity index (χ4v) is 2.04. The average molecular weight is 214 g/mol. The summed E-state index contributed by atoms with van der Waals surface area (Å²) in [6.45, 7) is 11.1. The van der Waals surface area contributed by atoms with Crippen molar-refractivity contribution in [2.24, 2.45) is 0 Å². The van der Waals surface area contributed by atoms with E-state index in [1.165, 1.54) is 25.8 Å². The minimum atomic E-state index is 0.533. The zero-order chi connectivity index (χ0) is 10.9. The van der Waals surface area contributed by atoms with E-state index in [2.05, 4.69) is 24.1 Å². The Morgan fingerprint density at radius 1 is 1.27 bits per heavy atom. The van der Waals surface area contributed by atoms with Gasteiger partial charge in [0, 0.05) is 19.7 Å². The zero-order valence-electron chi connectivity index (χ0n) is 10.3. The van der Waals surface area contributed by atoms with Crippen molar-refractivity contribution < 1.29 is 4.74 Å². The SMILES string of the molecule is CCN(CC)CCNCCC1CCCO1. The highest BCUT2D eigenvalue weighted by atomic mass is 16.5. The summed E-state index contributed by atoms with van der Waals surface area (Å²) in [6, 6.07) is 0. The Labute approximate surface area is 94.2 Å². The van der Waals surface area contributed by atoms with Crippen LogP contribution in [0.1, 0.15) is 33.1 Å². The minimum Gasteiger partial charge on any atom is -0.378 e. The summed E-state index contributed by atoms with van der Waals surface area (Å²) in [7, 11) is 0. The van der Waals surface area contributed by atoms with E-state index < -0.39 is 0 Å². The molecule has 1 N–H and O–H groups in total. The smallest absolute Gasteiger partial charge is 0.0588 e. The van der Waals surface area contributed by atoms with E-state index in [9.17, 15) is 0 Å². The van der Waals surface area contributed by atoms with Gasteiger partial charge in [-0.05, 0) is 38.9 Å². The van der Waals surface area contributed by atoms with Crippen molar-refractivity contribution in [1.29, 1.82) is 0 Å². The maximum Gasteiger partial charge on any atom is 0.0588 e. The Morgan fingerprint density at radius 2 is 2.07 bits per heavy atom. The lowest BCUT2D eigenvalue weighted by Crippen LogP contribution is -2.33. The molecule has 15 heavy (non-hydrogen) atoms. The molecule has 1 fully saturated rings. The highest BCUT2D eigenvalue weighted by Crippen LogP contribution is 2.14. The van der Waals surface area contributed by atoms with Crippen LogP contribution in [0, 0.1) is 0 Å². The van der Waals surface area contributed by atoms with Crippen LogP contribution in [0.3, 0.4) is 0 Å². The molecule has 0 aromatic heterocycles. The first-order valence-electron chi connectivity index (χ1n) is 6.41. The van der Waals surface area contributed by atoms with Crippen LogP contribution in [0.2, 0.25) is 0 Å². The van der Waals surface area contributed by atoms with Gasteiger partial charge in [0.05, 0.1) is 6.10 Å². The molecule has 0 spiro atoms. The molecule has 1 aliphatic rings. The van der Waals surface area contributed by atoms with Gasteiger partial charge in [-0.25, -0.2) is 0 Å². The fraction of sp³-hybridized carbons (Fsp3) is 1.00. The molecule has 0 bridgehead atoms. The lowest BCUT2D eigenvalue weighted by atomic mass is 10.2. The predicted octanol–water partition coefficient (Wildman–Crippen LogP) is 1.49. The van der Waals surface area contributed by atoms with E-state index >= 15 is 0 Å². The summed E-state index contributed by atoms with van der Waals surface area (Å²) in [4.78, 5) is 2.44. The molecule has 0 aliphatic carbocycles. The van der Waals surface area contributed by atoms with E-state index in [0.717, 1.165) is 32.8 Å². The largest absolute Gasteiger partial charge is 0.378 e. The van der Waals surface area contributed by atoms with Crippen molar-refractivity contribution in [2.75, 3.05) is 39.3 Å². The van der Waals surface area contributed by atoms with Gasteiger partial charge < -0.3 is 15.0 Å². The summed E-state index contributed by atoms with van der Waals surface area (Å²) in [6.07, 6.45) is 4.23. The summed E-state index contributed by atoms with van der Waals surface area (Å²) in [5, 5.41) is 3.49. The van der Waals surface area contributed by atoms with Crippen LogP contribution in [-0.4, -0.2) is 50.3 Å². The molecule has 90 valence electrons. The van der Waals surface area contributed by atoms with Gasteiger partial charge >= 0.3 is 0 Å². The van der Waals surface area contributed by atoms with Crippen LogP contribution >= 0.6 is 0 Å². The summed E-state index contributed by atoms with van der Waals surface area (Å²) >= 11 is 0. The van der Waals surface area contributed by atoms with Crippen molar-refractivity contribution >= 4 is 0 Å². The number of nitrogens with one attached hydrogen (secondary N) is 1. The van der Waals surface area contributed by atoms with Crippen LogP contribution in [0.25, 0.3) is 0 Å². The normalized spacial score (nSPS) is 21.4. The van der Waals surface area contributed by atoms with Gasteiger partial charge in [-0.1, -0.05) is 13.8 Å². The molecule has 0 aromatic carbocycles. The van der Waals surface area contributed by atoms with E-state index in [4.69, 9.17) is 4.74 Å². The fourth-order valence-electron chi connectivity index (χ4n) is 2.04. The van der Waals surface area contributed by atoms with Crippen LogP contribution in [0.15, 0.2) is 0 Å². The number of ether oxygens (including phenoxy) is 1. The molecule has 1 saturated heterocycles. The van der Waals surface area contributed by atoms with Crippen molar-refractivity contribution in [3.8, 4) is 0 Å². The first-order chi connectivity index (χ1) is 7.36. The first kappa shape index (κ1) is 12.9. The number of hydrogen-bond donors (Lipinski definition) is 1. The molecule has 1 heterocycles. The zero-order valence-corrected chi connectivity index (χ0v) is 10.3. The number of likely N-dealkylation sites (N-methyl/N-ethyl adjacent to an activating group) is 1. The lowest BCUT2D eigenvalue weighted by Gasteiger charge is -2.18. The van der Waals surface area contributed by atoms with Crippen LogP contribution in [0.5, 0.6) is 0 Å². The van der Waals surface area contributed by atoms with Crippen LogP contribution in [-0.2, 0) is 4.74 Å². The summed E-state index contributed by atoms with van der Waals surface area (Å²) in [5.41, 5.74) is 0. The molecule has 0 aromatic rings. The van der Waals surface area contributed by atoms with E-state index in [1.54, 1.807) is 0 Å². The van der Waals surface area contributed by atoms with Crippen LogP contribution in [0.4, 0.5) is 0 Å². The van der Waals surface area contributed by atoms with Crippen molar-refractivity contribution in [3.63, 3.8) is 0 Å². The molecule has 1 rings (SSSR count). The topological polar surface area (TPSA) is 24.5 Å². The summed E-state index contributed by atoms with van der Waals surface area (Å²) in [5.74, 6) is 0. The monoisotopic (exact) mass is 214 g/mol. The summed E-state index contributed by atoms with van der Waals surface area (Å²) < 4.78 is 5.57. The molecule has 0 radical (unpaired) electrons. The Balaban J connectivity index is 1.87. The average Bonchev–Trinajstić information content (AvgIpc) is 2.76. The van der Waals surface area contributed by atoms with Gasteiger partial charge in [-0.15, -0.1) is 0 Å². The lowest BCUT2D eigenvalue weighted by molar-refractivity contribution is 0.104. The van der Waals surface area contributed by atoms with Gasteiger partial charge in [-0.2, -0.15) is 0 Å². The van der Waals surface area contributed by atoms with Crippen molar-refractivity contribution in [1.82, 2.24) is 10.2 Å². The third-order valence-electron chi connectivity index (χ3n) is 3.17. The second-order valence-corrected chi connectivity index (χ2v) is 4.20. The molecular formula is C12H26N2O. The second kappa shape index (κ2) is 8.08. The van der Waals surface area contributed by atoms with Gasteiger partial charge in [0.25, 0.3) is 0 Å². The standard InChI is InChI=1S/C12H26N2O/c1-3-14(4-2)10-9-13-8-7-12-6-5-11-15-12/h12-13H,3-11H2,1-2H3. The minimum absolute atomic E-state index is 0.533.